The molecule has 2 aromatic carbocycles. The van der Waals surface area contributed by atoms with Gasteiger partial charge < -0.3 is 5.32 Å². The van der Waals surface area contributed by atoms with Gasteiger partial charge in [-0.05, 0) is 41.3 Å². The van der Waals surface area contributed by atoms with Crippen molar-refractivity contribution in [1.82, 2.24) is 20.2 Å². The molecule has 4 aromatic rings. The molecule has 0 spiro atoms. The third-order valence-corrected chi connectivity index (χ3v) is 4.38. The molecule has 0 aliphatic heterocycles. The summed E-state index contributed by atoms with van der Waals surface area (Å²) in [6, 6.07) is 12.6. The number of halogens is 1. The van der Waals surface area contributed by atoms with E-state index in [1.54, 1.807) is 24.5 Å². The maximum absolute atomic E-state index is 13.4. The van der Waals surface area contributed by atoms with Crippen LogP contribution in [0.5, 0.6) is 0 Å². The highest BCUT2D eigenvalue weighted by Crippen LogP contribution is 2.23. The molecule has 130 valence electrons. The van der Waals surface area contributed by atoms with Crippen LogP contribution in [0.4, 0.5) is 10.2 Å². The minimum absolute atomic E-state index is 0.159. The summed E-state index contributed by atoms with van der Waals surface area (Å²) in [6.07, 6.45) is 5.34. The van der Waals surface area contributed by atoms with Gasteiger partial charge in [-0.25, -0.2) is 9.37 Å². The number of benzene rings is 2. The van der Waals surface area contributed by atoms with Crippen LogP contribution in [0, 0.1) is 5.82 Å². The Morgan fingerprint density at radius 3 is 2.81 bits per heavy atom. The minimum Gasteiger partial charge on any atom is -0.368 e. The second-order valence-electron chi connectivity index (χ2n) is 6.28. The fourth-order valence-electron chi connectivity index (χ4n) is 2.87. The molecule has 0 aliphatic carbocycles. The summed E-state index contributed by atoms with van der Waals surface area (Å²) in [4.78, 5) is 9.11. The van der Waals surface area contributed by atoms with Crippen molar-refractivity contribution in [2.45, 2.75) is 12.8 Å². The van der Waals surface area contributed by atoms with Crippen molar-refractivity contribution in [1.29, 1.82) is 0 Å². The number of H-pyrrole nitrogens is 1. The number of hydrogen-bond acceptors (Lipinski definition) is 4. The molecule has 0 aliphatic rings. The fraction of sp³-hybridized carbons (Fsp3) is 0.150. The zero-order valence-electron chi connectivity index (χ0n) is 14.3. The smallest absolute Gasteiger partial charge is 0.145 e. The van der Waals surface area contributed by atoms with Crippen LogP contribution in [0.2, 0.25) is 0 Å². The van der Waals surface area contributed by atoms with Gasteiger partial charge in [-0.2, -0.15) is 5.10 Å². The number of rotatable bonds is 5. The number of aromatic nitrogens is 4. The molecule has 0 fully saturated rings. The third kappa shape index (κ3) is 3.39. The fourth-order valence-corrected chi connectivity index (χ4v) is 2.87. The van der Waals surface area contributed by atoms with Gasteiger partial charge in [-0.3, -0.25) is 10.1 Å². The van der Waals surface area contributed by atoms with Gasteiger partial charge in [-0.15, -0.1) is 0 Å². The van der Waals surface area contributed by atoms with Crippen molar-refractivity contribution >= 4 is 16.9 Å². The van der Waals surface area contributed by atoms with E-state index in [2.05, 4.69) is 25.5 Å². The minimum atomic E-state index is -0.215. The Kier molecular flexibility index (Phi) is 4.31. The first kappa shape index (κ1) is 16.2. The van der Waals surface area contributed by atoms with Crippen LogP contribution in [0.15, 0.2) is 61.1 Å². The van der Waals surface area contributed by atoms with Gasteiger partial charge in [0.1, 0.15) is 11.6 Å². The second kappa shape index (κ2) is 6.92. The molecule has 2 N–H and O–H groups in total. The van der Waals surface area contributed by atoms with E-state index in [0.717, 1.165) is 27.7 Å². The highest BCUT2D eigenvalue weighted by Gasteiger charge is 2.08. The Balaban J connectivity index is 1.50. The molecule has 0 bridgehead atoms. The number of anilines is 1. The molecule has 2 aromatic heterocycles. The number of aromatic amines is 1. The highest BCUT2D eigenvalue weighted by molar-refractivity contribution is 5.81. The Hall–Kier alpha value is -3.28. The topological polar surface area (TPSA) is 66.5 Å². The average molecular weight is 347 g/mol. The molecule has 0 saturated heterocycles. The molecule has 4 rings (SSSR count). The number of hydrogen-bond donors (Lipinski definition) is 2. The third-order valence-electron chi connectivity index (χ3n) is 4.38. The van der Waals surface area contributed by atoms with E-state index in [9.17, 15) is 4.39 Å². The summed E-state index contributed by atoms with van der Waals surface area (Å²) in [5, 5.41) is 10.1. The molecular weight excluding hydrogens is 329 g/mol. The Bertz CT molecular complexity index is 1030. The molecule has 0 saturated carbocycles. The first-order chi connectivity index (χ1) is 12.7. The standard InChI is InChI=1S/C20H18FN5/c1-13(14-3-2-4-17(21)7-14)9-23-20-12-22-19-8-15(5-6-18(19)26-20)16-10-24-25-11-16/h2-8,10-13H,9H2,1H3,(H,23,26)(H,24,25)/t13-/m0/s1. The maximum Gasteiger partial charge on any atom is 0.145 e. The summed E-state index contributed by atoms with van der Waals surface area (Å²) in [5.41, 5.74) is 4.66. The zero-order chi connectivity index (χ0) is 17.9. The quantitative estimate of drug-likeness (QED) is 0.562. The van der Waals surface area contributed by atoms with E-state index in [0.29, 0.717) is 12.4 Å². The van der Waals surface area contributed by atoms with E-state index in [4.69, 9.17) is 0 Å². The van der Waals surface area contributed by atoms with E-state index >= 15 is 0 Å². The lowest BCUT2D eigenvalue weighted by Gasteiger charge is -2.14. The van der Waals surface area contributed by atoms with Gasteiger partial charge >= 0.3 is 0 Å². The average Bonchev–Trinajstić information content (AvgIpc) is 3.20. The summed E-state index contributed by atoms with van der Waals surface area (Å²) in [5.74, 6) is 0.650. The van der Waals surface area contributed by atoms with Gasteiger partial charge in [0.05, 0.1) is 23.4 Å². The monoisotopic (exact) mass is 347 g/mol. The van der Waals surface area contributed by atoms with Crippen molar-refractivity contribution in [3.8, 4) is 11.1 Å². The number of nitrogens with zero attached hydrogens (tertiary/aromatic N) is 3. The van der Waals surface area contributed by atoms with Gasteiger partial charge in [0.25, 0.3) is 0 Å². The van der Waals surface area contributed by atoms with Crippen molar-refractivity contribution in [2.24, 2.45) is 0 Å². The Labute approximate surface area is 150 Å². The van der Waals surface area contributed by atoms with Crippen LogP contribution >= 0.6 is 0 Å². The van der Waals surface area contributed by atoms with Crippen molar-refractivity contribution < 1.29 is 4.39 Å². The summed E-state index contributed by atoms with van der Waals surface area (Å²) < 4.78 is 13.4. The van der Waals surface area contributed by atoms with Gasteiger partial charge in [0.2, 0.25) is 0 Å². The largest absolute Gasteiger partial charge is 0.368 e. The number of nitrogens with one attached hydrogen (secondary N) is 2. The summed E-state index contributed by atoms with van der Waals surface area (Å²) >= 11 is 0. The predicted molar refractivity (Wildman–Crippen MR) is 100 cm³/mol. The van der Waals surface area contributed by atoms with Crippen LogP contribution in [0.3, 0.4) is 0 Å². The van der Waals surface area contributed by atoms with Gasteiger partial charge in [0, 0.05) is 18.3 Å². The van der Waals surface area contributed by atoms with Crippen LogP contribution in [-0.2, 0) is 0 Å². The molecule has 2 heterocycles. The van der Waals surface area contributed by atoms with Crippen LogP contribution in [0.1, 0.15) is 18.4 Å². The van der Waals surface area contributed by atoms with E-state index < -0.39 is 0 Å². The summed E-state index contributed by atoms with van der Waals surface area (Å²) in [6.45, 7) is 2.70. The predicted octanol–water partition coefficient (Wildman–Crippen LogP) is 4.37. The van der Waals surface area contributed by atoms with Crippen LogP contribution < -0.4 is 5.32 Å². The molecule has 5 nitrogen and oxygen atoms in total. The highest BCUT2D eigenvalue weighted by atomic mass is 19.1. The van der Waals surface area contributed by atoms with Gasteiger partial charge in [0.15, 0.2) is 0 Å². The SMILES string of the molecule is C[C@@H](CNc1cnc2cc(-c3cn[nH]c3)ccc2n1)c1cccc(F)c1. The van der Waals surface area contributed by atoms with Crippen LogP contribution in [-0.4, -0.2) is 26.7 Å². The molecule has 26 heavy (non-hydrogen) atoms. The van der Waals surface area contributed by atoms with E-state index in [1.807, 2.05) is 37.4 Å². The zero-order valence-corrected chi connectivity index (χ0v) is 14.3. The molecule has 1 atom stereocenters. The Morgan fingerprint density at radius 2 is 2.00 bits per heavy atom. The first-order valence-corrected chi connectivity index (χ1v) is 8.44. The number of fused-ring (bicyclic) bond motifs is 1. The lowest BCUT2D eigenvalue weighted by molar-refractivity contribution is 0.622. The van der Waals surface area contributed by atoms with Crippen molar-refractivity contribution in [3.05, 3.63) is 72.4 Å². The van der Waals surface area contributed by atoms with Crippen molar-refractivity contribution in [2.75, 3.05) is 11.9 Å². The molecule has 6 heteroatoms. The normalized spacial score (nSPS) is 12.2. The van der Waals surface area contributed by atoms with Crippen molar-refractivity contribution in [3.63, 3.8) is 0 Å². The molecular formula is C20H18FN5. The van der Waals surface area contributed by atoms with Crippen LogP contribution in [0.25, 0.3) is 22.2 Å². The Morgan fingerprint density at radius 1 is 1.08 bits per heavy atom. The molecule has 0 radical (unpaired) electrons. The molecule has 0 unspecified atom stereocenters. The summed E-state index contributed by atoms with van der Waals surface area (Å²) in [7, 11) is 0. The van der Waals surface area contributed by atoms with Gasteiger partial charge in [-0.1, -0.05) is 25.1 Å². The van der Waals surface area contributed by atoms with E-state index in [-0.39, 0.29) is 11.7 Å². The second-order valence-corrected chi connectivity index (χ2v) is 6.28. The van der Waals surface area contributed by atoms with E-state index in [1.165, 1.54) is 6.07 Å². The lowest BCUT2D eigenvalue weighted by Crippen LogP contribution is -2.11. The molecule has 0 amide bonds. The first-order valence-electron chi connectivity index (χ1n) is 8.44. The lowest BCUT2D eigenvalue weighted by atomic mass is 10.0. The maximum atomic E-state index is 13.4.